The first kappa shape index (κ1) is 13.1. The van der Waals surface area contributed by atoms with Gasteiger partial charge in [-0.25, -0.2) is 0 Å². The fourth-order valence-electron chi connectivity index (χ4n) is 2.60. The van der Waals surface area contributed by atoms with E-state index in [9.17, 15) is 4.79 Å². The second-order valence-corrected chi connectivity index (χ2v) is 4.98. The van der Waals surface area contributed by atoms with E-state index < -0.39 is 5.54 Å². The van der Waals surface area contributed by atoms with E-state index in [0.29, 0.717) is 18.0 Å². The zero-order valence-electron chi connectivity index (χ0n) is 11.1. The lowest BCUT2D eigenvalue weighted by molar-refractivity contribution is 0.0877. The maximum Gasteiger partial charge on any atom is 0.204 e. The number of aryl methyl sites for hydroxylation is 1. The summed E-state index contributed by atoms with van der Waals surface area (Å²) in [6, 6.07) is 0. The Hall–Kier alpha value is -1.36. The van der Waals surface area contributed by atoms with Crippen LogP contribution >= 0.6 is 0 Å². The number of ether oxygens (including phenoxy) is 1. The second-order valence-electron chi connectivity index (χ2n) is 4.98. The Bertz CT molecular complexity index is 433. The minimum atomic E-state index is -0.723. The van der Waals surface area contributed by atoms with Crippen molar-refractivity contribution in [3.05, 3.63) is 11.9 Å². The van der Waals surface area contributed by atoms with Crippen LogP contribution in [0.25, 0.3) is 0 Å². The van der Waals surface area contributed by atoms with Crippen LogP contribution in [0, 0.1) is 0 Å². The number of hydrogen-bond donors (Lipinski definition) is 1. The van der Waals surface area contributed by atoms with Crippen LogP contribution in [0.4, 0.5) is 0 Å². The third-order valence-corrected chi connectivity index (χ3v) is 3.62. The summed E-state index contributed by atoms with van der Waals surface area (Å²) in [7, 11) is 1.56. The van der Waals surface area contributed by atoms with Gasteiger partial charge in [0.05, 0.1) is 18.8 Å². The van der Waals surface area contributed by atoms with Crippen LogP contribution in [0.5, 0.6) is 5.75 Å². The van der Waals surface area contributed by atoms with Gasteiger partial charge in [0.1, 0.15) is 5.69 Å². The number of aromatic nitrogens is 2. The Kier molecular flexibility index (Phi) is 3.71. The Morgan fingerprint density at radius 3 is 2.78 bits per heavy atom. The second kappa shape index (κ2) is 5.10. The molecule has 18 heavy (non-hydrogen) atoms. The van der Waals surface area contributed by atoms with E-state index in [0.717, 1.165) is 32.1 Å². The number of nitrogens with two attached hydrogens (primary N) is 1. The van der Waals surface area contributed by atoms with Gasteiger partial charge in [0, 0.05) is 6.54 Å². The van der Waals surface area contributed by atoms with Crippen molar-refractivity contribution < 1.29 is 9.53 Å². The monoisotopic (exact) mass is 251 g/mol. The highest BCUT2D eigenvalue weighted by molar-refractivity contribution is 6.04. The number of methoxy groups -OCH3 is 1. The molecule has 1 fully saturated rings. The van der Waals surface area contributed by atoms with E-state index in [1.54, 1.807) is 18.0 Å². The van der Waals surface area contributed by atoms with Crippen molar-refractivity contribution in [1.82, 2.24) is 9.78 Å². The molecule has 0 aliphatic heterocycles. The fourth-order valence-corrected chi connectivity index (χ4v) is 2.60. The van der Waals surface area contributed by atoms with Gasteiger partial charge in [-0.2, -0.15) is 5.10 Å². The molecule has 0 spiro atoms. The minimum Gasteiger partial charge on any atom is -0.493 e. The van der Waals surface area contributed by atoms with Crippen molar-refractivity contribution >= 4 is 5.78 Å². The van der Waals surface area contributed by atoms with E-state index in [1.165, 1.54) is 0 Å². The molecular formula is C13H21N3O2. The normalized spacial score (nSPS) is 17.9. The average Bonchev–Trinajstić information content (AvgIpc) is 2.96. The van der Waals surface area contributed by atoms with Crippen molar-refractivity contribution in [3.63, 3.8) is 0 Å². The summed E-state index contributed by atoms with van der Waals surface area (Å²) in [5.74, 6) is 0.507. The molecule has 0 radical (unpaired) electrons. The van der Waals surface area contributed by atoms with Gasteiger partial charge >= 0.3 is 0 Å². The van der Waals surface area contributed by atoms with Gasteiger partial charge in [-0.1, -0.05) is 19.8 Å². The molecule has 1 aliphatic carbocycles. The molecule has 1 saturated carbocycles. The van der Waals surface area contributed by atoms with Crippen LogP contribution in [0.1, 0.15) is 49.5 Å². The first-order chi connectivity index (χ1) is 8.62. The average molecular weight is 251 g/mol. The van der Waals surface area contributed by atoms with E-state index in [-0.39, 0.29) is 5.78 Å². The highest BCUT2D eigenvalue weighted by atomic mass is 16.5. The molecule has 2 N–H and O–H groups in total. The molecule has 5 nitrogen and oxygen atoms in total. The molecular weight excluding hydrogens is 230 g/mol. The number of ketones is 1. The van der Waals surface area contributed by atoms with Gasteiger partial charge in [-0.15, -0.1) is 0 Å². The summed E-state index contributed by atoms with van der Waals surface area (Å²) in [5.41, 5.74) is 6.04. The molecule has 0 atom stereocenters. The van der Waals surface area contributed by atoms with Gasteiger partial charge in [0.15, 0.2) is 5.75 Å². The van der Waals surface area contributed by atoms with Crippen molar-refractivity contribution in [2.45, 2.75) is 51.1 Å². The summed E-state index contributed by atoms with van der Waals surface area (Å²) < 4.78 is 6.95. The predicted octanol–water partition coefficient (Wildman–Crippen LogP) is 1.76. The molecule has 1 aromatic heterocycles. The SMILES string of the molecule is CCCn1ncc(OC)c1C(=O)C1(N)CCCC1. The lowest BCUT2D eigenvalue weighted by Gasteiger charge is -2.22. The summed E-state index contributed by atoms with van der Waals surface area (Å²) in [6.07, 6.45) is 6.07. The lowest BCUT2D eigenvalue weighted by atomic mass is 9.91. The number of carbonyl (C=O) groups excluding carboxylic acids is 1. The first-order valence-corrected chi connectivity index (χ1v) is 6.56. The standard InChI is InChI=1S/C13H21N3O2/c1-3-8-16-11(10(18-2)9-15-16)12(17)13(14)6-4-5-7-13/h9H,3-8,14H2,1-2H3. The molecule has 1 heterocycles. The molecule has 2 rings (SSSR count). The minimum absolute atomic E-state index is 0.0252. The maximum absolute atomic E-state index is 12.6. The van der Waals surface area contributed by atoms with Crippen molar-refractivity contribution in [3.8, 4) is 5.75 Å². The zero-order valence-corrected chi connectivity index (χ0v) is 11.1. The van der Waals surface area contributed by atoms with E-state index in [2.05, 4.69) is 12.0 Å². The third-order valence-electron chi connectivity index (χ3n) is 3.62. The largest absolute Gasteiger partial charge is 0.493 e. The molecule has 0 saturated heterocycles. The lowest BCUT2D eigenvalue weighted by Crippen LogP contribution is -2.46. The number of Topliss-reactive ketones (excluding diaryl/α,β-unsaturated/α-hetero) is 1. The molecule has 0 bridgehead atoms. The van der Waals surface area contributed by atoms with Crippen LogP contribution in [0.15, 0.2) is 6.20 Å². The summed E-state index contributed by atoms with van der Waals surface area (Å²) >= 11 is 0. The maximum atomic E-state index is 12.6. The highest BCUT2D eigenvalue weighted by Crippen LogP contribution is 2.33. The molecule has 5 heteroatoms. The van der Waals surface area contributed by atoms with E-state index >= 15 is 0 Å². The Labute approximate surface area is 107 Å². The third kappa shape index (κ3) is 2.14. The van der Waals surface area contributed by atoms with Gasteiger partial charge < -0.3 is 10.5 Å². The predicted molar refractivity (Wildman–Crippen MR) is 68.8 cm³/mol. The number of hydrogen-bond acceptors (Lipinski definition) is 4. The van der Waals surface area contributed by atoms with E-state index in [1.807, 2.05) is 0 Å². The van der Waals surface area contributed by atoms with Gasteiger partial charge in [-0.05, 0) is 19.3 Å². The summed E-state index contributed by atoms with van der Waals surface area (Å²) in [6.45, 7) is 2.76. The topological polar surface area (TPSA) is 70.1 Å². The summed E-state index contributed by atoms with van der Waals surface area (Å²) in [4.78, 5) is 12.6. The smallest absolute Gasteiger partial charge is 0.204 e. The Morgan fingerprint density at radius 2 is 2.22 bits per heavy atom. The molecule has 1 aromatic rings. The van der Waals surface area contributed by atoms with Gasteiger partial charge in [-0.3, -0.25) is 9.48 Å². The van der Waals surface area contributed by atoms with Crippen LogP contribution in [0.2, 0.25) is 0 Å². The fraction of sp³-hybridized carbons (Fsp3) is 0.692. The van der Waals surface area contributed by atoms with Gasteiger partial charge in [0.25, 0.3) is 0 Å². The Morgan fingerprint density at radius 1 is 1.56 bits per heavy atom. The molecule has 0 amide bonds. The molecule has 1 aliphatic rings. The number of nitrogens with zero attached hydrogens (tertiary/aromatic N) is 2. The molecule has 100 valence electrons. The van der Waals surface area contributed by atoms with E-state index in [4.69, 9.17) is 10.5 Å². The Balaban J connectivity index is 2.36. The van der Waals surface area contributed by atoms with Crippen molar-refractivity contribution in [2.75, 3.05) is 7.11 Å². The molecule has 0 unspecified atom stereocenters. The van der Waals surface area contributed by atoms with Crippen molar-refractivity contribution in [2.24, 2.45) is 5.73 Å². The van der Waals surface area contributed by atoms with Crippen LogP contribution < -0.4 is 10.5 Å². The van der Waals surface area contributed by atoms with Crippen LogP contribution in [-0.4, -0.2) is 28.2 Å². The van der Waals surface area contributed by atoms with Crippen LogP contribution in [-0.2, 0) is 6.54 Å². The number of rotatable bonds is 5. The summed E-state index contributed by atoms with van der Waals surface area (Å²) in [5, 5.41) is 4.22. The number of carbonyl (C=O) groups is 1. The first-order valence-electron chi connectivity index (χ1n) is 6.56. The van der Waals surface area contributed by atoms with Gasteiger partial charge in [0.2, 0.25) is 5.78 Å². The van der Waals surface area contributed by atoms with Crippen LogP contribution in [0.3, 0.4) is 0 Å². The quantitative estimate of drug-likeness (QED) is 0.809. The highest BCUT2D eigenvalue weighted by Gasteiger charge is 2.40. The zero-order chi connectivity index (χ0) is 13.2. The van der Waals surface area contributed by atoms with Crippen molar-refractivity contribution in [1.29, 1.82) is 0 Å². The molecule has 0 aromatic carbocycles.